The molecule has 0 spiro atoms. The number of nitrogens with one attached hydrogen (secondary N) is 1. The van der Waals surface area contributed by atoms with Crippen molar-refractivity contribution in [1.82, 2.24) is 10.2 Å². The maximum Gasteiger partial charge on any atom is 0.256 e. The molecule has 20 heavy (non-hydrogen) atoms. The lowest BCUT2D eigenvalue weighted by molar-refractivity contribution is 0.0742. The molecule has 1 unspecified atom stereocenters. The summed E-state index contributed by atoms with van der Waals surface area (Å²) in [6, 6.07) is 5.55. The molecule has 1 saturated heterocycles. The predicted molar refractivity (Wildman–Crippen MR) is 83.7 cm³/mol. The largest absolute Gasteiger partial charge is 0.337 e. The molecule has 1 fully saturated rings. The quantitative estimate of drug-likeness (QED) is 0.900. The molecule has 5 heteroatoms. The van der Waals surface area contributed by atoms with Gasteiger partial charge in [0, 0.05) is 19.1 Å². The number of rotatable bonds is 5. The fraction of sp³-hybridized carbons (Fsp3) is 0.533. The molecule has 3 nitrogen and oxygen atoms in total. The van der Waals surface area contributed by atoms with Crippen LogP contribution in [0.4, 0.5) is 0 Å². The molecule has 1 aliphatic heterocycles. The zero-order chi connectivity index (χ0) is 14.5. The molecule has 1 heterocycles. The molecule has 1 atom stereocenters. The maximum absolute atomic E-state index is 12.7. The maximum atomic E-state index is 12.7. The summed E-state index contributed by atoms with van der Waals surface area (Å²) in [4.78, 5) is 14.6. The number of carbonyl (C=O) groups excluding carboxylic acids is 1. The van der Waals surface area contributed by atoms with E-state index in [1.54, 1.807) is 18.2 Å². The van der Waals surface area contributed by atoms with Crippen molar-refractivity contribution in [3.8, 4) is 0 Å². The Morgan fingerprint density at radius 3 is 2.65 bits per heavy atom. The van der Waals surface area contributed by atoms with E-state index in [-0.39, 0.29) is 5.91 Å². The van der Waals surface area contributed by atoms with E-state index in [0.29, 0.717) is 28.2 Å². The van der Waals surface area contributed by atoms with Crippen LogP contribution in [0.25, 0.3) is 0 Å². The van der Waals surface area contributed by atoms with Crippen LogP contribution >= 0.6 is 23.2 Å². The fourth-order valence-corrected chi connectivity index (χ4v) is 3.14. The molecule has 1 amide bonds. The second kappa shape index (κ2) is 7.30. The van der Waals surface area contributed by atoms with Gasteiger partial charge in [-0.05, 0) is 37.9 Å². The Bertz CT molecular complexity index is 453. The highest BCUT2D eigenvalue weighted by atomic mass is 35.5. The Balaban J connectivity index is 2.17. The summed E-state index contributed by atoms with van der Waals surface area (Å²) in [6.45, 7) is 4.54. The van der Waals surface area contributed by atoms with E-state index < -0.39 is 0 Å². The third-order valence-electron chi connectivity index (χ3n) is 3.56. The molecule has 0 bridgehead atoms. The third kappa shape index (κ3) is 3.66. The van der Waals surface area contributed by atoms with Gasteiger partial charge in [-0.15, -0.1) is 0 Å². The van der Waals surface area contributed by atoms with Gasteiger partial charge in [0.25, 0.3) is 5.91 Å². The average Bonchev–Trinajstić information content (AvgIpc) is 2.91. The highest BCUT2D eigenvalue weighted by molar-refractivity contribution is 6.39. The van der Waals surface area contributed by atoms with E-state index in [4.69, 9.17) is 23.2 Å². The van der Waals surface area contributed by atoms with Crippen LogP contribution in [-0.4, -0.2) is 36.5 Å². The SMILES string of the molecule is CCCN(CC1CCCN1)C(=O)c1c(Cl)cccc1Cl. The number of amides is 1. The molecule has 1 N–H and O–H groups in total. The van der Waals surface area contributed by atoms with Crippen molar-refractivity contribution in [1.29, 1.82) is 0 Å². The van der Waals surface area contributed by atoms with Crippen molar-refractivity contribution >= 4 is 29.1 Å². The van der Waals surface area contributed by atoms with Crippen LogP contribution in [0.5, 0.6) is 0 Å². The normalized spacial score (nSPS) is 18.2. The van der Waals surface area contributed by atoms with Crippen molar-refractivity contribution in [3.63, 3.8) is 0 Å². The molecule has 0 saturated carbocycles. The molecular formula is C15H20Cl2N2O. The van der Waals surface area contributed by atoms with Crippen LogP contribution in [0, 0.1) is 0 Å². The Morgan fingerprint density at radius 1 is 1.40 bits per heavy atom. The molecule has 2 rings (SSSR count). The average molecular weight is 315 g/mol. The zero-order valence-corrected chi connectivity index (χ0v) is 13.2. The minimum absolute atomic E-state index is 0.0730. The molecule has 1 aromatic carbocycles. The summed E-state index contributed by atoms with van der Waals surface area (Å²) in [5.41, 5.74) is 0.419. The van der Waals surface area contributed by atoms with E-state index in [2.05, 4.69) is 12.2 Å². The van der Waals surface area contributed by atoms with E-state index >= 15 is 0 Å². The standard InChI is InChI=1S/C15H20Cl2N2O/c1-2-9-19(10-11-5-4-8-18-11)15(20)14-12(16)6-3-7-13(14)17/h3,6-7,11,18H,2,4-5,8-10H2,1H3. The minimum Gasteiger partial charge on any atom is -0.337 e. The van der Waals surface area contributed by atoms with Crippen LogP contribution in [0.2, 0.25) is 10.0 Å². The highest BCUT2D eigenvalue weighted by Crippen LogP contribution is 2.26. The second-order valence-corrected chi connectivity index (χ2v) is 5.96. The first-order valence-electron chi connectivity index (χ1n) is 7.10. The van der Waals surface area contributed by atoms with Crippen molar-refractivity contribution in [2.45, 2.75) is 32.2 Å². The van der Waals surface area contributed by atoms with Gasteiger partial charge in [-0.25, -0.2) is 0 Å². The molecule has 110 valence electrons. The number of nitrogens with zero attached hydrogens (tertiary/aromatic N) is 1. The predicted octanol–water partition coefficient (Wildman–Crippen LogP) is 3.60. The third-order valence-corrected chi connectivity index (χ3v) is 4.19. The molecule has 1 aromatic rings. The summed E-state index contributed by atoms with van der Waals surface area (Å²) in [7, 11) is 0. The highest BCUT2D eigenvalue weighted by Gasteiger charge is 2.24. The van der Waals surface area contributed by atoms with Gasteiger partial charge in [0.05, 0.1) is 15.6 Å². The monoisotopic (exact) mass is 314 g/mol. The lowest BCUT2D eigenvalue weighted by Crippen LogP contribution is -2.41. The topological polar surface area (TPSA) is 32.3 Å². The van der Waals surface area contributed by atoms with Gasteiger partial charge in [0.15, 0.2) is 0 Å². The molecule has 1 aliphatic rings. The van der Waals surface area contributed by atoms with Crippen LogP contribution in [0.3, 0.4) is 0 Å². The van der Waals surface area contributed by atoms with E-state index in [1.165, 1.54) is 6.42 Å². The number of halogens is 2. The Hall–Kier alpha value is -0.770. The summed E-state index contributed by atoms with van der Waals surface area (Å²) < 4.78 is 0. The van der Waals surface area contributed by atoms with E-state index in [1.807, 2.05) is 4.90 Å². The molecule has 0 radical (unpaired) electrons. The van der Waals surface area contributed by atoms with Crippen molar-refractivity contribution in [3.05, 3.63) is 33.8 Å². The van der Waals surface area contributed by atoms with Gasteiger partial charge in [0.2, 0.25) is 0 Å². The Kier molecular flexibility index (Phi) is 5.70. The van der Waals surface area contributed by atoms with Gasteiger partial charge >= 0.3 is 0 Å². The van der Waals surface area contributed by atoms with Gasteiger partial charge in [-0.1, -0.05) is 36.2 Å². The summed E-state index contributed by atoms with van der Waals surface area (Å²) in [6.07, 6.45) is 3.20. The summed E-state index contributed by atoms with van der Waals surface area (Å²) in [5.74, 6) is -0.0730. The number of hydrogen-bond donors (Lipinski definition) is 1. The number of benzene rings is 1. The van der Waals surface area contributed by atoms with Crippen LogP contribution < -0.4 is 5.32 Å². The number of hydrogen-bond acceptors (Lipinski definition) is 2. The van der Waals surface area contributed by atoms with Crippen LogP contribution in [0.1, 0.15) is 36.5 Å². The van der Waals surface area contributed by atoms with Gasteiger partial charge in [-0.2, -0.15) is 0 Å². The smallest absolute Gasteiger partial charge is 0.256 e. The first-order chi connectivity index (χ1) is 9.63. The van der Waals surface area contributed by atoms with Crippen molar-refractivity contribution in [2.75, 3.05) is 19.6 Å². The number of carbonyl (C=O) groups is 1. The van der Waals surface area contributed by atoms with Crippen molar-refractivity contribution in [2.24, 2.45) is 0 Å². The van der Waals surface area contributed by atoms with Crippen molar-refractivity contribution < 1.29 is 4.79 Å². The lowest BCUT2D eigenvalue weighted by atomic mass is 10.1. The summed E-state index contributed by atoms with van der Waals surface area (Å²) in [5, 5.41) is 4.26. The zero-order valence-electron chi connectivity index (χ0n) is 11.7. The second-order valence-electron chi connectivity index (χ2n) is 5.14. The van der Waals surface area contributed by atoms with Crippen LogP contribution in [0.15, 0.2) is 18.2 Å². The minimum atomic E-state index is -0.0730. The first-order valence-corrected chi connectivity index (χ1v) is 7.85. The summed E-state index contributed by atoms with van der Waals surface area (Å²) >= 11 is 12.3. The lowest BCUT2D eigenvalue weighted by Gasteiger charge is -2.26. The molecular weight excluding hydrogens is 295 g/mol. The Morgan fingerprint density at radius 2 is 2.10 bits per heavy atom. The van der Waals surface area contributed by atoms with Gasteiger partial charge in [0.1, 0.15) is 0 Å². The fourth-order valence-electron chi connectivity index (χ4n) is 2.58. The Labute approximate surface area is 130 Å². The van der Waals surface area contributed by atoms with E-state index in [0.717, 1.165) is 25.9 Å². The molecule has 0 aromatic heterocycles. The first kappa shape index (κ1) is 15.6. The van der Waals surface area contributed by atoms with Gasteiger partial charge < -0.3 is 10.2 Å². The molecule has 0 aliphatic carbocycles. The van der Waals surface area contributed by atoms with E-state index in [9.17, 15) is 4.79 Å². The van der Waals surface area contributed by atoms with Crippen LogP contribution in [-0.2, 0) is 0 Å². The van der Waals surface area contributed by atoms with Gasteiger partial charge in [-0.3, -0.25) is 4.79 Å².